The SMILES string of the molecule is N#CCOc1c(C=NN2C(=O)[C@@H]3[C@H](C2=O)[C@H]2C=C[C@H]3C2)cccc1[N+](=O)[O-]. The van der Waals surface area contributed by atoms with Crippen molar-refractivity contribution in [3.8, 4) is 11.8 Å². The van der Waals surface area contributed by atoms with Gasteiger partial charge in [0.05, 0.1) is 23.0 Å². The van der Waals surface area contributed by atoms with Crippen LogP contribution in [0.15, 0.2) is 35.5 Å². The van der Waals surface area contributed by atoms with Gasteiger partial charge in [-0.1, -0.05) is 18.2 Å². The number of hydrogen-bond acceptors (Lipinski definition) is 7. The summed E-state index contributed by atoms with van der Waals surface area (Å²) < 4.78 is 5.17. The standard InChI is InChI=1S/C18H14N4O5/c19-6-7-27-16-12(2-1-3-13(16)22(25)26)9-20-21-17(23)14-10-4-5-11(8-10)15(14)18(21)24/h1-5,9-11,14-15H,7-8H2/t10-,11-,14-,15+/m0/s1. The molecule has 9 heteroatoms. The van der Waals surface area contributed by atoms with Gasteiger partial charge in [0.1, 0.15) is 6.07 Å². The zero-order valence-corrected chi connectivity index (χ0v) is 14.0. The van der Waals surface area contributed by atoms with E-state index in [9.17, 15) is 19.7 Å². The first-order valence-corrected chi connectivity index (χ1v) is 8.40. The molecule has 4 atom stereocenters. The first-order chi connectivity index (χ1) is 13.0. The van der Waals surface area contributed by atoms with Gasteiger partial charge in [0.25, 0.3) is 11.8 Å². The van der Waals surface area contributed by atoms with Gasteiger partial charge in [0.15, 0.2) is 6.61 Å². The van der Waals surface area contributed by atoms with Gasteiger partial charge in [-0.05, 0) is 24.3 Å². The molecule has 9 nitrogen and oxygen atoms in total. The second-order valence-electron chi connectivity index (χ2n) is 6.63. The first kappa shape index (κ1) is 16.9. The van der Waals surface area contributed by atoms with Crippen LogP contribution in [0.3, 0.4) is 0 Å². The lowest BCUT2D eigenvalue weighted by Gasteiger charge is -2.13. The highest BCUT2D eigenvalue weighted by Gasteiger charge is 2.59. The van der Waals surface area contributed by atoms with Gasteiger partial charge >= 0.3 is 5.69 Å². The molecule has 1 saturated carbocycles. The zero-order chi connectivity index (χ0) is 19.1. The average Bonchev–Trinajstić information content (AvgIpc) is 3.33. The minimum Gasteiger partial charge on any atom is -0.471 e. The number of rotatable bonds is 5. The van der Waals surface area contributed by atoms with E-state index < -0.39 is 4.92 Å². The highest BCUT2D eigenvalue weighted by Crippen LogP contribution is 2.52. The quantitative estimate of drug-likeness (QED) is 0.256. The number of hydrogen-bond donors (Lipinski definition) is 0. The molecule has 136 valence electrons. The molecular formula is C18H14N4O5. The number of nitriles is 1. The van der Waals surface area contributed by atoms with Crippen molar-refractivity contribution in [2.75, 3.05) is 6.61 Å². The minimum absolute atomic E-state index is 0.0731. The zero-order valence-electron chi connectivity index (χ0n) is 14.0. The van der Waals surface area contributed by atoms with Crippen molar-refractivity contribution in [1.82, 2.24) is 5.01 Å². The lowest BCUT2D eigenvalue weighted by atomic mass is 9.85. The number of benzene rings is 1. The molecule has 2 aliphatic carbocycles. The maximum Gasteiger partial charge on any atom is 0.311 e. The molecule has 3 aliphatic rings. The molecule has 0 aromatic heterocycles. The van der Waals surface area contributed by atoms with Crippen molar-refractivity contribution in [2.24, 2.45) is 28.8 Å². The van der Waals surface area contributed by atoms with Crippen LogP contribution in [0.5, 0.6) is 5.75 Å². The van der Waals surface area contributed by atoms with Gasteiger partial charge < -0.3 is 4.74 Å². The maximum atomic E-state index is 12.6. The largest absolute Gasteiger partial charge is 0.471 e. The normalized spacial score (nSPS) is 28.0. The number of nitrogens with zero attached hydrogens (tertiary/aromatic N) is 4. The summed E-state index contributed by atoms with van der Waals surface area (Å²) in [7, 11) is 0. The average molecular weight is 366 g/mol. The number of fused-ring (bicyclic) bond motifs is 5. The van der Waals surface area contributed by atoms with Crippen LogP contribution in [0, 0.1) is 45.1 Å². The third-order valence-electron chi connectivity index (χ3n) is 5.26. The van der Waals surface area contributed by atoms with E-state index >= 15 is 0 Å². The summed E-state index contributed by atoms with van der Waals surface area (Å²) in [5.74, 6) is -1.42. The van der Waals surface area contributed by atoms with Crippen molar-refractivity contribution in [2.45, 2.75) is 6.42 Å². The van der Waals surface area contributed by atoms with Crippen molar-refractivity contribution in [1.29, 1.82) is 5.26 Å². The Hall–Kier alpha value is -3.54. The third kappa shape index (κ3) is 2.57. The molecule has 4 rings (SSSR count). The summed E-state index contributed by atoms with van der Waals surface area (Å²) >= 11 is 0. The fraction of sp³-hybridized carbons (Fsp3) is 0.333. The molecule has 0 unspecified atom stereocenters. The molecule has 27 heavy (non-hydrogen) atoms. The second-order valence-corrected chi connectivity index (χ2v) is 6.63. The minimum atomic E-state index is -0.635. The van der Waals surface area contributed by atoms with Crippen LogP contribution >= 0.6 is 0 Å². The Kier molecular flexibility index (Phi) is 3.96. The summed E-state index contributed by atoms with van der Waals surface area (Å²) in [4.78, 5) is 35.8. The fourth-order valence-electron chi connectivity index (χ4n) is 4.17. The van der Waals surface area contributed by atoms with Crippen molar-refractivity contribution < 1.29 is 19.2 Å². The molecule has 2 bridgehead atoms. The Balaban J connectivity index is 1.63. The van der Waals surface area contributed by atoms with Gasteiger partial charge in [-0.25, -0.2) is 0 Å². The summed E-state index contributed by atoms with van der Waals surface area (Å²) in [5.41, 5.74) is -0.120. The summed E-state index contributed by atoms with van der Waals surface area (Å²) in [6.45, 7) is -0.382. The lowest BCUT2D eigenvalue weighted by Crippen LogP contribution is -2.28. The van der Waals surface area contributed by atoms with Gasteiger partial charge in [0, 0.05) is 11.6 Å². The molecule has 2 fully saturated rings. The van der Waals surface area contributed by atoms with Crippen LogP contribution < -0.4 is 4.74 Å². The van der Waals surface area contributed by atoms with Crippen molar-refractivity contribution >= 4 is 23.7 Å². The number of carbonyl (C=O) groups excluding carboxylic acids is 2. The number of nitro groups is 1. The van der Waals surface area contributed by atoms with E-state index in [0.29, 0.717) is 0 Å². The molecule has 0 N–H and O–H groups in total. The van der Waals surface area contributed by atoms with Crippen molar-refractivity contribution in [3.63, 3.8) is 0 Å². The van der Waals surface area contributed by atoms with E-state index in [2.05, 4.69) is 5.10 Å². The van der Waals surface area contributed by atoms with Crippen LogP contribution in [0.4, 0.5) is 5.69 Å². The lowest BCUT2D eigenvalue weighted by molar-refractivity contribution is -0.385. The van der Waals surface area contributed by atoms with E-state index in [0.717, 1.165) is 11.4 Å². The highest BCUT2D eigenvalue weighted by molar-refractivity contribution is 6.07. The monoisotopic (exact) mass is 366 g/mol. The predicted molar refractivity (Wildman–Crippen MR) is 91.4 cm³/mol. The topological polar surface area (TPSA) is 126 Å². The molecule has 1 aromatic rings. The molecule has 0 radical (unpaired) electrons. The predicted octanol–water partition coefficient (Wildman–Crippen LogP) is 1.64. The fourth-order valence-corrected chi connectivity index (χ4v) is 4.17. The van der Waals surface area contributed by atoms with E-state index in [1.807, 2.05) is 12.2 Å². The number of hydrazone groups is 1. The molecule has 1 aliphatic heterocycles. The Morgan fingerprint density at radius 2 is 1.96 bits per heavy atom. The van der Waals surface area contributed by atoms with E-state index in [-0.39, 0.29) is 59.1 Å². The number of para-hydroxylation sites is 1. The Morgan fingerprint density at radius 3 is 2.56 bits per heavy atom. The van der Waals surface area contributed by atoms with E-state index in [1.165, 1.54) is 24.4 Å². The van der Waals surface area contributed by atoms with Crippen LogP contribution in [-0.2, 0) is 9.59 Å². The van der Waals surface area contributed by atoms with E-state index in [1.54, 1.807) is 6.07 Å². The number of carbonyl (C=O) groups is 2. The summed E-state index contributed by atoms with van der Waals surface area (Å²) in [6.07, 6.45) is 5.98. The van der Waals surface area contributed by atoms with Crippen molar-refractivity contribution in [3.05, 3.63) is 46.0 Å². The Morgan fingerprint density at radius 1 is 1.30 bits per heavy atom. The Bertz CT molecular complexity index is 918. The van der Waals surface area contributed by atoms with E-state index in [4.69, 9.17) is 10.00 Å². The number of ether oxygens (including phenoxy) is 1. The molecule has 2 amide bonds. The molecule has 1 aromatic carbocycles. The Labute approximate surface area is 153 Å². The van der Waals surface area contributed by atoms with Crippen LogP contribution in [0.1, 0.15) is 12.0 Å². The summed E-state index contributed by atoms with van der Waals surface area (Å²) in [5, 5.41) is 24.7. The van der Waals surface area contributed by atoms with Crippen LogP contribution in [0.25, 0.3) is 0 Å². The van der Waals surface area contributed by atoms with Crippen LogP contribution in [0.2, 0.25) is 0 Å². The van der Waals surface area contributed by atoms with Gasteiger partial charge in [0.2, 0.25) is 5.75 Å². The molecule has 0 spiro atoms. The summed E-state index contributed by atoms with van der Waals surface area (Å²) in [6, 6.07) is 5.93. The van der Waals surface area contributed by atoms with Gasteiger partial charge in [-0.3, -0.25) is 19.7 Å². The first-order valence-electron chi connectivity index (χ1n) is 8.40. The van der Waals surface area contributed by atoms with Gasteiger partial charge in [-0.2, -0.15) is 15.4 Å². The molecule has 1 heterocycles. The third-order valence-corrected chi connectivity index (χ3v) is 5.26. The number of imide groups is 1. The number of allylic oxidation sites excluding steroid dienone is 2. The highest BCUT2D eigenvalue weighted by atomic mass is 16.6. The van der Waals surface area contributed by atoms with Gasteiger partial charge in [-0.15, -0.1) is 0 Å². The molecular weight excluding hydrogens is 352 g/mol. The second kappa shape index (κ2) is 6.32. The molecule has 1 saturated heterocycles. The smallest absolute Gasteiger partial charge is 0.311 e. The maximum absolute atomic E-state index is 12.6. The number of nitro benzene ring substituents is 1. The van der Waals surface area contributed by atoms with Crippen LogP contribution in [-0.4, -0.2) is 34.6 Å². The number of amides is 2.